The highest BCUT2D eigenvalue weighted by molar-refractivity contribution is 6.01. The quantitative estimate of drug-likeness (QED) is 0.0153. The van der Waals surface area contributed by atoms with Crippen LogP contribution >= 0.6 is 0 Å². The number of primary amides is 2. The van der Waals surface area contributed by atoms with Crippen molar-refractivity contribution in [3.05, 3.63) is 0 Å². The predicted molar refractivity (Wildman–Crippen MR) is 350 cm³/mol. The number of aliphatic carboxylic acids is 3. The molecule has 0 aromatic heterocycles. The Kier molecular flexibility index (Phi) is 41.7. The van der Waals surface area contributed by atoms with Gasteiger partial charge in [-0.2, -0.15) is 0 Å². The monoisotopic (exact) mass is 1410 g/mol. The number of aliphatic hydroxyl groups is 1. The van der Waals surface area contributed by atoms with Crippen molar-refractivity contribution in [1.82, 2.24) is 63.8 Å². The molecule has 0 rings (SSSR count). The summed E-state index contributed by atoms with van der Waals surface area (Å²) in [7, 11) is 0. The molecule has 0 saturated carbocycles. The number of unbranched alkanes of at least 4 members (excludes halogenated alkanes) is 2. The molecule has 0 spiro atoms. The number of hydrogen-bond acceptors (Lipinski definition) is 22. The molecule has 0 heterocycles. The molecule has 99 heavy (non-hydrogen) atoms. The number of rotatable bonds is 50. The third-order valence-corrected chi connectivity index (χ3v) is 14.4. The molecule has 0 unspecified atom stereocenters. The summed E-state index contributed by atoms with van der Waals surface area (Å²) in [6.07, 6.45) is -3.49. The van der Waals surface area contributed by atoms with Gasteiger partial charge in [-0.15, -0.1) is 0 Å². The van der Waals surface area contributed by atoms with Crippen molar-refractivity contribution in [3.63, 3.8) is 0 Å². The zero-order valence-corrected chi connectivity index (χ0v) is 56.6. The number of nitrogens with zero attached hydrogens (tertiary/aromatic N) is 1. The van der Waals surface area contributed by atoms with E-state index in [1.54, 1.807) is 13.8 Å². The fourth-order valence-corrected chi connectivity index (χ4v) is 8.99. The average molecular weight is 1420 g/mol. The molecule has 14 amide bonds. The SMILES string of the molecule is CC(C)C[C@H](NC(=O)[C@H](C)N)C(=O)N[C@@H](CCCN=C(N)N)C(=O)N[C@H](C(=O)N[C@@H](CC(=O)O)C(=O)N[C@@H](CC(N)=O)C(=O)N[C@@H](C)C(=O)N[C@@H](C)C(=O)N[C@@H](CO)C(=O)N[C@@H](CCC(=O)O)C(=O)N[C@@H](CCCCN)C(=O)N[C@@H](CC(N)=O)C(=O)N[C@@H](CCCCN)C(=O)O)C(C)C. The Morgan fingerprint density at radius 1 is 0.374 bits per heavy atom. The second-order valence-corrected chi connectivity index (χ2v) is 24.1. The van der Waals surface area contributed by atoms with Crippen LogP contribution in [0.4, 0.5) is 0 Å². The number of amides is 14. The molecule has 30 N–H and O–H groups in total. The first-order chi connectivity index (χ1) is 46.2. The van der Waals surface area contributed by atoms with Crippen molar-refractivity contribution >= 4 is 107 Å². The van der Waals surface area contributed by atoms with E-state index in [0.717, 1.165) is 13.8 Å². The van der Waals surface area contributed by atoms with Crippen molar-refractivity contribution in [1.29, 1.82) is 0 Å². The minimum atomic E-state index is -2.05. The highest BCUT2D eigenvalue weighted by atomic mass is 16.4. The van der Waals surface area contributed by atoms with E-state index >= 15 is 0 Å². The summed E-state index contributed by atoms with van der Waals surface area (Å²) in [4.78, 5) is 227. The van der Waals surface area contributed by atoms with Gasteiger partial charge in [-0.05, 0) is 110 Å². The average Bonchev–Trinajstić information content (AvgIpc) is 0.868. The molecule has 0 aliphatic rings. The van der Waals surface area contributed by atoms with Gasteiger partial charge in [0.15, 0.2) is 5.96 Å². The number of nitrogens with one attached hydrogen (secondary N) is 12. The van der Waals surface area contributed by atoms with Crippen LogP contribution in [0.5, 0.6) is 0 Å². The first kappa shape index (κ1) is 89.1. The summed E-state index contributed by atoms with van der Waals surface area (Å²) in [5.74, 6) is -21.4. The lowest BCUT2D eigenvalue weighted by Crippen LogP contribution is -2.61. The minimum Gasteiger partial charge on any atom is -0.481 e. The molecular formula is C58H102N20O21. The predicted octanol–water partition coefficient (Wildman–Crippen LogP) is -9.63. The van der Waals surface area contributed by atoms with E-state index in [1.165, 1.54) is 20.8 Å². The number of guanidine groups is 1. The lowest BCUT2D eigenvalue weighted by molar-refractivity contribution is -0.143. The van der Waals surface area contributed by atoms with Crippen LogP contribution in [0.2, 0.25) is 0 Å². The van der Waals surface area contributed by atoms with Crippen molar-refractivity contribution in [2.75, 3.05) is 26.2 Å². The Morgan fingerprint density at radius 2 is 0.727 bits per heavy atom. The molecule has 0 fully saturated rings. The Labute approximate surface area is 570 Å². The molecule has 0 aromatic rings. The number of carboxylic acid groups (broad SMARTS) is 3. The topological polar surface area (TPSA) is 710 Å². The van der Waals surface area contributed by atoms with Crippen molar-refractivity contribution in [2.45, 2.75) is 217 Å². The highest BCUT2D eigenvalue weighted by Gasteiger charge is 2.38. The Hall–Kier alpha value is -9.90. The molecule has 0 bridgehead atoms. The molecule has 41 nitrogen and oxygen atoms in total. The van der Waals surface area contributed by atoms with Crippen LogP contribution in [0.15, 0.2) is 4.99 Å². The maximum atomic E-state index is 14.0. The first-order valence-corrected chi connectivity index (χ1v) is 31.9. The standard InChI is InChI=1S/C58H102N20O21/c1-26(2)21-35(73-45(86)28(5)61)52(93)70-32(15-12-20-66-58(64)65)50(91)78-44(27(3)4)56(97)76-38(24-43(84)85)54(95)75-36(22-40(62)80)51(92)68-29(6)46(87)67-30(7)47(88)77-39(25-79)55(96)71-33(16-17-42(82)83)49(90)69-31(13-8-10-18-59)48(89)74-37(23-41(63)81)53(94)72-34(57(98)99)14-9-11-19-60/h26-39,44,79H,8-25,59-61H2,1-7H3,(H2,62,80)(H2,63,81)(H,67,87)(H,68,92)(H,69,90)(H,70,93)(H,71,96)(H,72,94)(H,73,86)(H,74,89)(H,75,95)(H,76,97)(H,77,88)(H,78,91)(H,82,83)(H,84,85)(H,98,99)(H4,64,65,66)/t28-,29-,30-,31-,32-,33-,34-,35-,36-,37-,38-,39-,44-/m0/s1. The Morgan fingerprint density at radius 3 is 1.14 bits per heavy atom. The summed E-state index contributed by atoms with van der Waals surface area (Å²) in [6.45, 7) is 9.16. The summed E-state index contributed by atoms with van der Waals surface area (Å²) >= 11 is 0. The van der Waals surface area contributed by atoms with Gasteiger partial charge >= 0.3 is 17.9 Å². The molecule has 0 aliphatic heterocycles. The maximum absolute atomic E-state index is 14.0. The van der Waals surface area contributed by atoms with Crippen LogP contribution in [-0.2, 0) is 81.5 Å². The van der Waals surface area contributed by atoms with Gasteiger partial charge in [-0.1, -0.05) is 27.7 Å². The molecule has 0 aromatic carbocycles. The Bertz CT molecular complexity index is 2840. The lowest BCUT2D eigenvalue weighted by atomic mass is 10.00. The van der Waals surface area contributed by atoms with Crippen molar-refractivity contribution in [3.8, 4) is 0 Å². The van der Waals surface area contributed by atoms with Gasteiger partial charge in [0, 0.05) is 13.0 Å². The molecule has 13 atom stereocenters. The van der Waals surface area contributed by atoms with Crippen molar-refractivity contribution < 1.29 is 102 Å². The zero-order valence-electron chi connectivity index (χ0n) is 56.6. The molecule has 0 radical (unpaired) electrons. The van der Waals surface area contributed by atoms with E-state index in [-0.39, 0.29) is 82.9 Å². The fourth-order valence-electron chi connectivity index (χ4n) is 8.99. The number of nitrogens with two attached hydrogens (primary N) is 7. The molecule has 0 saturated heterocycles. The smallest absolute Gasteiger partial charge is 0.326 e. The third kappa shape index (κ3) is 36.3. The van der Waals surface area contributed by atoms with Gasteiger partial charge in [0.25, 0.3) is 0 Å². The summed E-state index contributed by atoms with van der Waals surface area (Å²) in [5.41, 5.74) is 38.4. The van der Waals surface area contributed by atoms with E-state index in [9.17, 15) is 102 Å². The van der Waals surface area contributed by atoms with E-state index < -0.39 is 224 Å². The normalized spacial score (nSPS) is 15.0. The van der Waals surface area contributed by atoms with Crippen LogP contribution < -0.4 is 104 Å². The van der Waals surface area contributed by atoms with Gasteiger partial charge < -0.3 is 124 Å². The number of carboxylic acids is 3. The second-order valence-electron chi connectivity index (χ2n) is 24.1. The van der Waals surface area contributed by atoms with Gasteiger partial charge in [-0.3, -0.25) is 81.7 Å². The lowest BCUT2D eigenvalue weighted by Gasteiger charge is -2.28. The molecular weight excluding hydrogens is 1310 g/mol. The van der Waals surface area contributed by atoms with Gasteiger partial charge in [-0.25, -0.2) is 4.79 Å². The summed E-state index contributed by atoms with van der Waals surface area (Å²) < 4.78 is 0. The van der Waals surface area contributed by atoms with E-state index in [1.807, 2.05) is 0 Å². The molecule has 41 heteroatoms. The van der Waals surface area contributed by atoms with Crippen LogP contribution in [-0.4, -0.2) is 232 Å². The van der Waals surface area contributed by atoms with E-state index in [2.05, 4.69) is 68.8 Å². The minimum absolute atomic E-state index is 0.00478. The van der Waals surface area contributed by atoms with Crippen molar-refractivity contribution in [2.24, 2.45) is 57.0 Å². The van der Waals surface area contributed by atoms with Gasteiger partial charge in [0.2, 0.25) is 82.7 Å². The van der Waals surface area contributed by atoms with E-state index in [0.29, 0.717) is 6.42 Å². The number of aliphatic imine (C=N–C) groups is 1. The second kappa shape index (κ2) is 46.3. The van der Waals surface area contributed by atoms with E-state index in [4.69, 9.17) is 40.1 Å². The number of carbonyl (C=O) groups is 17. The van der Waals surface area contributed by atoms with Crippen LogP contribution in [0.25, 0.3) is 0 Å². The van der Waals surface area contributed by atoms with Gasteiger partial charge in [0.05, 0.1) is 31.9 Å². The van der Waals surface area contributed by atoms with Crippen LogP contribution in [0.3, 0.4) is 0 Å². The maximum Gasteiger partial charge on any atom is 0.326 e. The number of hydrogen-bond donors (Lipinski definition) is 23. The summed E-state index contributed by atoms with van der Waals surface area (Å²) in [6, 6.07) is -21.1. The largest absolute Gasteiger partial charge is 0.481 e. The zero-order chi connectivity index (χ0) is 76.0. The van der Waals surface area contributed by atoms with Crippen LogP contribution in [0, 0.1) is 11.8 Å². The van der Waals surface area contributed by atoms with Crippen LogP contribution in [0.1, 0.15) is 138 Å². The number of carbonyl (C=O) groups excluding carboxylic acids is 14. The van der Waals surface area contributed by atoms with Gasteiger partial charge in [0.1, 0.15) is 72.5 Å². The summed E-state index contributed by atoms with van der Waals surface area (Å²) in [5, 5.41) is 66.6. The molecule has 560 valence electrons. The molecule has 0 aliphatic carbocycles. The fraction of sp³-hybridized carbons (Fsp3) is 0.690. The highest BCUT2D eigenvalue weighted by Crippen LogP contribution is 2.12. The third-order valence-electron chi connectivity index (χ3n) is 14.4. The first-order valence-electron chi connectivity index (χ1n) is 31.9. The number of aliphatic hydroxyl groups excluding tert-OH is 1. The Balaban J connectivity index is 6.52.